The minimum absolute atomic E-state index is 0.114. The van der Waals surface area contributed by atoms with Gasteiger partial charge in [0, 0.05) is 0 Å². The molecule has 0 aliphatic carbocycles. The number of carboxylic acid groups (broad SMARTS) is 1. The second-order valence-electron chi connectivity index (χ2n) is 4.72. The molecule has 0 aliphatic rings. The lowest BCUT2D eigenvalue weighted by Gasteiger charge is -2.20. The standard InChI is InChI=1S/C12H24N2O3/c1-5-6-7-14(4)8-10(15)13-11(9(2)3)12(16)17/h9,11H,5-8H2,1-4H3,(H,13,15)(H,16,17). The quantitative estimate of drug-likeness (QED) is 0.667. The number of likely N-dealkylation sites (N-methyl/N-ethyl adjacent to an activating group) is 1. The number of hydrogen-bond acceptors (Lipinski definition) is 3. The van der Waals surface area contributed by atoms with E-state index >= 15 is 0 Å². The smallest absolute Gasteiger partial charge is 0.326 e. The lowest BCUT2D eigenvalue weighted by Crippen LogP contribution is -2.47. The maximum atomic E-state index is 11.6. The molecule has 0 aromatic carbocycles. The maximum Gasteiger partial charge on any atom is 0.326 e. The Morgan fingerprint density at radius 2 is 1.94 bits per heavy atom. The lowest BCUT2D eigenvalue weighted by atomic mass is 10.0. The van der Waals surface area contributed by atoms with E-state index in [2.05, 4.69) is 12.2 Å². The molecule has 5 nitrogen and oxygen atoms in total. The monoisotopic (exact) mass is 244 g/mol. The summed E-state index contributed by atoms with van der Waals surface area (Å²) >= 11 is 0. The molecule has 0 bridgehead atoms. The Balaban J connectivity index is 4.10. The SMILES string of the molecule is CCCCN(C)CC(=O)NC(C(=O)O)C(C)C. The van der Waals surface area contributed by atoms with Crippen molar-refractivity contribution in [3.8, 4) is 0 Å². The molecule has 0 aromatic rings. The Hall–Kier alpha value is -1.10. The highest BCUT2D eigenvalue weighted by Crippen LogP contribution is 2.01. The fourth-order valence-corrected chi connectivity index (χ4v) is 1.48. The third-order valence-electron chi connectivity index (χ3n) is 2.56. The maximum absolute atomic E-state index is 11.6. The van der Waals surface area contributed by atoms with Crippen LogP contribution < -0.4 is 5.32 Å². The first-order chi connectivity index (χ1) is 7.88. The van der Waals surface area contributed by atoms with Gasteiger partial charge in [-0.2, -0.15) is 0 Å². The van der Waals surface area contributed by atoms with Crippen LogP contribution in [0.3, 0.4) is 0 Å². The van der Waals surface area contributed by atoms with E-state index in [9.17, 15) is 9.59 Å². The predicted octanol–water partition coefficient (Wildman–Crippen LogP) is 0.944. The van der Waals surface area contributed by atoms with Crippen LogP contribution in [0.5, 0.6) is 0 Å². The molecule has 0 fully saturated rings. The molecule has 1 amide bonds. The second kappa shape index (κ2) is 8.06. The van der Waals surface area contributed by atoms with Gasteiger partial charge in [0.15, 0.2) is 0 Å². The van der Waals surface area contributed by atoms with Crippen molar-refractivity contribution < 1.29 is 14.7 Å². The second-order valence-corrected chi connectivity index (χ2v) is 4.72. The van der Waals surface area contributed by atoms with E-state index in [1.807, 2.05) is 11.9 Å². The molecule has 0 aromatic heterocycles. The van der Waals surface area contributed by atoms with Crippen LogP contribution in [0.2, 0.25) is 0 Å². The zero-order valence-electron chi connectivity index (χ0n) is 11.2. The summed E-state index contributed by atoms with van der Waals surface area (Å²) in [4.78, 5) is 24.4. The van der Waals surface area contributed by atoms with E-state index in [1.54, 1.807) is 13.8 Å². The number of nitrogens with zero attached hydrogens (tertiary/aromatic N) is 1. The molecule has 17 heavy (non-hydrogen) atoms. The van der Waals surface area contributed by atoms with Crippen LogP contribution in [0.1, 0.15) is 33.6 Å². The summed E-state index contributed by atoms with van der Waals surface area (Å²) in [6.45, 7) is 6.74. The number of nitrogens with one attached hydrogen (secondary N) is 1. The Kier molecular flexibility index (Phi) is 7.54. The minimum Gasteiger partial charge on any atom is -0.480 e. The van der Waals surface area contributed by atoms with E-state index < -0.39 is 12.0 Å². The fraction of sp³-hybridized carbons (Fsp3) is 0.833. The summed E-state index contributed by atoms with van der Waals surface area (Å²) < 4.78 is 0. The molecule has 1 unspecified atom stereocenters. The van der Waals surface area contributed by atoms with Crippen molar-refractivity contribution in [3.63, 3.8) is 0 Å². The van der Waals surface area contributed by atoms with Crippen LogP contribution in [0, 0.1) is 5.92 Å². The number of unbranched alkanes of at least 4 members (excludes halogenated alkanes) is 1. The minimum atomic E-state index is -0.982. The normalized spacial score (nSPS) is 12.8. The van der Waals surface area contributed by atoms with Crippen molar-refractivity contribution in [2.24, 2.45) is 5.92 Å². The van der Waals surface area contributed by atoms with Gasteiger partial charge >= 0.3 is 5.97 Å². The van der Waals surface area contributed by atoms with Crippen molar-refractivity contribution in [2.45, 2.75) is 39.7 Å². The molecule has 5 heteroatoms. The van der Waals surface area contributed by atoms with Crippen molar-refractivity contribution in [1.29, 1.82) is 0 Å². The van der Waals surface area contributed by atoms with Crippen molar-refractivity contribution in [2.75, 3.05) is 20.1 Å². The Labute approximate surface area is 103 Å². The zero-order valence-corrected chi connectivity index (χ0v) is 11.2. The van der Waals surface area contributed by atoms with Crippen LogP contribution in [-0.4, -0.2) is 48.1 Å². The third kappa shape index (κ3) is 6.94. The molecule has 0 saturated carbocycles. The summed E-state index contributed by atoms with van der Waals surface area (Å²) in [6.07, 6.45) is 2.12. The summed E-state index contributed by atoms with van der Waals surface area (Å²) in [7, 11) is 1.86. The number of carbonyl (C=O) groups excluding carboxylic acids is 1. The summed E-state index contributed by atoms with van der Waals surface area (Å²) in [6, 6.07) is -0.804. The molecule has 100 valence electrons. The molecule has 0 radical (unpaired) electrons. The molecular weight excluding hydrogens is 220 g/mol. The van der Waals surface area contributed by atoms with Gasteiger partial charge in [0.05, 0.1) is 6.54 Å². The number of hydrogen-bond donors (Lipinski definition) is 2. The predicted molar refractivity (Wildman–Crippen MR) is 66.8 cm³/mol. The Bertz CT molecular complexity index is 254. The number of amides is 1. The molecule has 0 saturated heterocycles. The van der Waals surface area contributed by atoms with Gasteiger partial charge in [-0.1, -0.05) is 27.2 Å². The number of aliphatic carboxylic acids is 1. The highest BCUT2D eigenvalue weighted by atomic mass is 16.4. The molecule has 0 rings (SSSR count). The number of carboxylic acids is 1. The van der Waals surface area contributed by atoms with Gasteiger partial charge < -0.3 is 10.4 Å². The first-order valence-electron chi connectivity index (χ1n) is 6.09. The highest BCUT2D eigenvalue weighted by Gasteiger charge is 2.23. The van der Waals surface area contributed by atoms with Crippen molar-refractivity contribution in [3.05, 3.63) is 0 Å². The molecule has 2 N–H and O–H groups in total. The highest BCUT2D eigenvalue weighted by molar-refractivity contribution is 5.84. The van der Waals surface area contributed by atoms with Crippen molar-refractivity contribution in [1.82, 2.24) is 10.2 Å². The van der Waals surface area contributed by atoms with E-state index in [0.717, 1.165) is 19.4 Å². The Morgan fingerprint density at radius 1 is 1.35 bits per heavy atom. The average Bonchev–Trinajstić information content (AvgIpc) is 2.22. The Morgan fingerprint density at radius 3 is 2.35 bits per heavy atom. The molecule has 0 aliphatic heterocycles. The molecule has 1 atom stereocenters. The number of carbonyl (C=O) groups is 2. The first kappa shape index (κ1) is 15.9. The van der Waals surface area contributed by atoms with Crippen LogP contribution in [0.25, 0.3) is 0 Å². The zero-order chi connectivity index (χ0) is 13.4. The molecule has 0 heterocycles. The average molecular weight is 244 g/mol. The molecule has 0 spiro atoms. The van der Waals surface area contributed by atoms with Crippen LogP contribution >= 0.6 is 0 Å². The summed E-state index contributed by atoms with van der Waals surface area (Å²) in [5.74, 6) is -1.33. The van der Waals surface area contributed by atoms with Gasteiger partial charge in [-0.25, -0.2) is 4.79 Å². The summed E-state index contributed by atoms with van der Waals surface area (Å²) in [5.41, 5.74) is 0. The largest absolute Gasteiger partial charge is 0.480 e. The van der Waals surface area contributed by atoms with Gasteiger partial charge in [-0.05, 0) is 25.9 Å². The lowest BCUT2D eigenvalue weighted by molar-refractivity contribution is -0.143. The van der Waals surface area contributed by atoms with Gasteiger partial charge in [0.25, 0.3) is 0 Å². The fourth-order valence-electron chi connectivity index (χ4n) is 1.48. The third-order valence-corrected chi connectivity index (χ3v) is 2.56. The summed E-state index contributed by atoms with van der Waals surface area (Å²) in [5, 5.41) is 11.5. The van der Waals surface area contributed by atoms with E-state index in [4.69, 9.17) is 5.11 Å². The van der Waals surface area contributed by atoms with E-state index in [1.165, 1.54) is 0 Å². The van der Waals surface area contributed by atoms with Crippen LogP contribution in [-0.2, 0) is 9.59 Å². The van der Waals surface area contributed by atoms with E-state index in [0.29, 0.717) is 0 Å². The van der Waals surface area contributed by atoms with Crippen LogP contribution in [0.4, 0.5) is 0 Å². The van der Waals surface area contributed by atoms with Gasteiger partial charge in [0.2, 0.25) is 5.91 Å². The van der Waals surface area contributed by atoms with E-state index in [-0.39, 0.29) is 18.4 Å². The molecular formula is C12H24N2O3. The first-order valence-corrected chi connectivity index (χ1v) is 6.09. The van der Waals surface area contributed by atoms with Gasteiger partial charge in [-0.3, -0.25) is 9.69 Å². The van der Waals surface area contributed by atoms with Crippen molar-refractivity contribution >= 4 is 11.9 Å². The van der Waals surface area contributed by atoms with Gasteiger partial charge in [0.1, 0.15) is 6.04 Å². The van der Waals surface area contributed by atoms with Crippen LogP contribution in [0.15, 0.2) is 0 Å². The van der Waals surface area contributed by atoms with Gasteiger partial charge in [-0.15, -0.1) is 0 Å². The topological polar surface area (TPSA) is 69.6 Å². The number of rotatable bonds is 8.